The van der Waals surface area contributed by atoms with E-state index in [0.29, 0.717) is 18.4 Å². The standard InChI is InChI=1S/C16H12F2O/c17-14-7-5-10(9-15(14)18)11-6-8-16(19)13-4-2-1-3-12(11)13/h1-5,7,9,11H,6,8H2. The minimum Gasteiger partial charge on any atom is -0.294 e. The molecule has 0 spiro atoms. The van der Waals surface area contributed by atoms with Crippen LogP contribution in [0.5, 0.6) is 0 Å². The average molecular weight is 258 g/mol. The van der Waals surface area contributed by atoms with E-state index in [-0.39, 0.29) is 11.7 Å². The summed E-state index contributed by atoms with van der Waals surface area (Å²) in [5.74, 6) is -1.60. The first-order valence-electron chi connectivity index (χ1n) is 6.24. The van der Waals surface area contributed by atoms with Gasteiger partial charge in [0.05, 0.1) is 0 Å². The predicted molar refractivity (Wildman–Crippen MR) is 68.2 cm³/mol. The van der Waals surface area contributed by atoms with Gasteiger partial charge in [-0.1, -0.05) is 30.3 Å². The van der Waals surface area contributed by atoms with Crippen molar-refractivity contribution in [2.75, 3.05) is 0 Å². The highest BCUT2D eigenvalue weighted by molar-refractivity contribution is 5.99. The highest BCUT2D eigenvalue weighted by Crippen LogP contribution is 2.36. The van der Waals surface area contributed by atoms with Crippen molar-refractivity contribution in [2.45, 2.75) is 18.8 Å². The van der Waals surface area contributed by atoms with Gasteiger partial charge in [0.2, 0.25) is 0 Å². The molecule has 1 unspecified atom stereocenters. The highest BCUT2D eigenvalue weighted by atomic mass is 19.2. The molecule has 0 saturated carbocycles. The number of ketones is 1. The molecule has 2 aromatic carbocycles. The minimum absolute atomic E-state index is 0.0380. The molecule has 0 aliphatic heterocycles. The van der Waals surface area contributed by atoms with Crippen LogP contribution in [0, 0.1) is 11.6 Å². The molecule has 3 heteroatoms. The molecule has 0 fully saturated rings. The van der Waals surface area contributed by atoms with Crippen LogP contribution in [0.15, 0.2) is 42.5 Å². The van der Waals surface area contributed by atoms with Crippen LogP contribution in [-0.4, -0.2) is 5.78 Å². The fraction of sp³-hybridized carbons (Fsp3) is 0.188. The highest BCUT2D eigenvalue weighted by Gasteiger charge is 2.26. The van der Waals surface area contributed by atoms with Gasteiger partial charge in [-0.25, -0.2) is 8.78 Å². The van der Waals surface area contributed by atoms with Crippen molar-refractivity contribution in [3.8, 4) is 0 Å². The number of halogens is 2. The Labute approximate surface area is 109 Å². The normalized spacial score (nSPS) is 18.2. The Balaban J connectivity index is 2.09. The van der Waals surface area contributed by atoms with Crippen LogP contribution in [-0.2, 0) is 0 Å². The molecule has 1 atom stereocenters. The summed E-state index contributed by atoms with van der Waals surface area (Å²) in [7, 11) is 0. The third kappa shape index (κ3) is 2.05. The minimum atomic E-state index is -0.844. The number of carbonyl (C=O) groups is 1. The molecule has 0 bridgehead atoms. The molecule has 96 valence electrons. The quantitative estimate of drug-likeness (QED) is 0.753. The molecule has 0 heterocycles. The van der Waals surface area contributed by atoms with Crippen LogP contribution in [0.1, 0.15) is 40.2 Å². The first-order chi connectivity index (χ1) is 9.16. The Hall–Kier alpha value is -2.03. The molecule has 1 aliphatic rings. The maximum absolute atomic E-state index is 13.3. The number of Topliss-reactive ketones (excluding diaryl/α,β-unsaturated/α-hetero) is 1. The van der Waals surface area contributed by atoms with Gasteiger partial charge in [0.15, 0.2) is 17.4 Å². The summed E-state index contributed by atoms with van der Waals surface area (Å²) in [6.07, 6.45) is 1.08. The monoisotopic (exact) mass is 258 g/mol. The average Bonchev–Trinajstić information content (AvgIpc) is 2.43. The van der Waals surface area contributed by atoms with Crippen molar-refractivity contribution >= 4 is 5.78 Å². The maximum Gasteiger partial charge on any atom is 0.163 e. The predicted octanol–water partition coefficient (Wildman–Crippen LogP) is 4.07. The van der Waals surface area contributed by atoms with E-state index in [9.17, 15) is 13.6 Å². The summed E-state index contributed by atoms with van der Waals surface area (Å²) in [5.41, 5.74) is 2.33. The summed E-state index contributed by atoms with van der Waals surface area (Å²) in [5, 5.41) is 0. The number of hydrogen-bond acceptors (Lipinski definition) is 1. The molecular weight excluding hydrogens is 246 g/mol. The van der Waals surface area contributed by atoms with E-state index in [0.717, 1.165) is 17.2 Å². The maximum atomic E-state index is 13.3. The number of carbonyl (C=O) groups excluding carboxylic acids is 1. The van der Waals surface area contributed by atoms with Crippen molar-refractivity contribution in [3.63, 3.8) is 0 Å². The molecular formula is C16H12F2O. The van der Waals surface area contributed by atoms with E-state index >= 15 is 0 Å². The Morgan fingerprint density at radius 3 is 2.58 bits per heavy atom. The molecule has 0 N–H and O–H groups in total. The van der Waals surface area contributed by atoms with Crippen LogP contribution in [0.4, 0.5) is 8.78 Å². The Bertz CT molecular complexity index is 649. The van der Waals surface area contributed by atoms with E-state index in [1.54, 1.807) is 12.1 Å². The summed E-state index contributed by atoms with van der Waals surface area (Å²) in [6, 6.07) is 11.3. The lowest BCUT2D eigenvalue weighted by molar-refractivity contribution is 0.0969. The van der Waals surface area contributed by atoms with Gasteiger partial charge in [-0.2, -0.15) is 0 Å². The topological polar surface area (TPSA) is 17.1 Å². The molecule has 3 rings (SSSR count). The smallest absolute Gasteiger partial charge is 0.163 e. The zero-order chi connectivity index (χ0) is 13.4. The second kappa shape index (κ2) is 4.57. The van der Waals surface area contributed by atoms with Gasteiger partial charge in [-0.15, -0.1) is 0 Å². The number of hydrogen-bond donors (Lipinski definition) is 0. The van der Waals surface area contributed by atoms with Gasteiger partial charge in [0.25, 0.3) is 0 Å². The van der Waals surface area contributed by atoms with Gasteiger partial charge in [-0.05, 0) is 29.7 Å². The number of fused-ring (bicyclic) bond motifs is 1. The summed E-state index contributed by atoms with van der Waals surface area (Å²) in [6.45, 7) is 0. The van der Waals surface area contributed by atoms with Crippen molar-refractivity contribution in [1.29, 1.82) is 0 Å². The zero-order valence-corrected chi connectivity index (χ0v) is 10.2. The van der Waals surface area contributed by atoms with Crippen LogP contribution in [0.25, 0.3) is 0 Å². The van der Waals surface area contributed by atoms with E-state index in [1.165, 1.54) is 6.07 Å². The van der Waals surface area contributed by atoms with Crippen molar-refractivity contribution in [2.24, 2.45) is 0 Å². The molecule has 0 amide bonds. The van der Waals surface area contributed by atoms with Gasteiger partial charge in [0.1, 0.15) is 0 Å². The van der Waals surface area contributed by atoms with Gasteiger partial charge in [0, 0.05) is 17.9 Å². The second-order valence-electron chi connectivity index (χ2n) is 4.78. The largest absolute Gasteiger partial charge is 0.294 e. The molecule has 0 radical (unpaired) electrons. The lowest BCUT2D eigenvalue weighted by Gasteiger charge is -2.25. The molecule has 1 nitrogen and oxygen atoms in total. The van der Waals surface area contributed by atoms with Gasteiger partial charge < -0.3 is 0 Å². The number of rotatable bonds is 1. The van der Waals surface area contributed by atoms with Crippen LogP contribution < -0.4 is 0 Å². The first-order valence-corrected chi connectivity index (χ1v) is 6.24. The van der Waals surface area contributed by atoms with Crippen LogP contribution in [0.2, 0.25) is 0 Å². The van der Waals surface area contributed by atoms with Gasteiger partial charge >= 0.3 is 0 Å². The fourth-order valence-electron chi connectivity index (χ4n) is 2.70. The van der Waals surface area contributed by atoms with Crippen molar-refractivity contribution in [1.82, 2.24) is 0 Å². The van der Waals surface area contributed by atoms with E-state index < -0.39 is 11.6 Å². The van der Waals surface area contributed by atoms with Crippen molar-refractivity contribution in [3.05, 3.63) is 70.8 Å². The van der Waals surface area contributed by atoms with Crippen LogP contribution in [0.3, 0.4) is 0 Å². The zero-order valence-electron chi connectivity index (χ0n) is 10.2. The molecule has 19 heavy (non-hydrogen) atoms. The first kappa shape index (κ1) is 12.0. The third-order valence-electron chi connectivity index (χ3n) is 3.64. The fourth-order valence-corrected chi connectivity index (χ4v) is 2.70. The summed E-state index contributed by atoms with van der Waals surface area (Å²) in [4.78, 5) is 11.8. The lowest BCUT2D eigenvalue weighted by atomic mass is 9.78. The second-order valence-corrected chi connectivity index (χ2v) is 4.78. The van der Waals surface area contributed by atoms with E-state index in [2.05, 4.69) is 0 Å². The summed E-state index contributed by atoms with van der Waals surface area (Å²) < 4.78 is 26.3. The Morgan fingerprint density at radius 1 is 1.00 bits per heavy atom. The van der Waals surface area contributed by atoms with E-state index in [1.807, 2.05) is 18.2 Å². The van der Waals surface area contributed by atoms with Crippen molar-refractivity contribution < 1.29 is 13.6 Å². The van der Waals surface area contributed by atoms with Gasteiger partial charge in [-0.3, -0.25) is 4.79 Å². The molecule has 0 saturated heterocycles. The number of benzene rings is 2. The molecule has 0 aromatic heterocycles. The Morgan fingerprint density at radius 2 is 1.79 bits per heavy atom. The lowest BCUT2D eigenvalue weighted by Crippen LogP contribution is -2.16. The molecule has 1 aliphatic carbocycles. The van der Waals surface area contributed by atoms with Crippen LogP contribution >= 0.6 is 0 Å². The van der Waals surface area contributed by atoms with E-state index in [4.69, 9.17) is 0 Å². The molecule has 2 aromatic rings. The Kier molecular flexibility index (Phi) is 2.90. The SMILES string of the molecule is O=C1CCC(c2ccc(F)c(F)c2)c2ccccc21. The third-order valence-corrected chi connectivity index (χ3v) is 3.64. The summed E-state index contributed by atoms with van der Waals surface area (Å²) >= 11 is 0.